The standard InChI is InChI=1S/C23H28N2O3/c1-3-4-16-25(2)22(27)23(14-15-23)21(26)24-19-10-12-20(13-11-19)28-17-18-8-6-5-7-9-18/h5-13H,3-4,14-17H2,1-2H3,(H,24,26). The predicted molar refractivity (Wildman–Crippen MR) is 110 cm³/mol. The van der Waals surface area contributed by atoms with Gasteiger partial charge in [-0.2, -0.15) is 0 Å². The van der Waals surface area contributed by atoms with E-state index in [1.54, 1.807) is 24.1 Å². The highest BCUT2D eigenvalue weighted by atomic mass is 16.5. The first kappa shape index (κ1) is 19.9. The lowest BCUT2D eigenvalue weighted by molar-refractivity contribution is -0.141. The summed E-state index contributed by atoms with van der Waals surface area (Å²) in [6.07, 6.45) is 3.21. The molecule has 148 valence electrons. The highest BCUT2D eigenvalue weighted by Crippen LogP contribution is 2.48. The van der Waals surface area contributed by atoms with Crippen LogP contribution in [0.3, 0.4) is 0 Å². The molecule has 2 aromatic carbocycles. The first-order valence-electron chi connectivity index (χ1n) is 9.89. The third-order valence-corrected chi connectivity index (χ3v) is 5.15. The van der Waals surface area contributed by atoms with E-state index in [1.165, 1.54) is 0 Å². The lowest BCUT2D eigenvalue weighted by atomic mass is 10.0. The SMILES string of the molecule is CCCCN(C)C(=O)C1(C(=O)Nc2ccc(OCc3ccccc3)cc2)CC1. The molecule has 0 aliphatic heterocycles. The lowest BCUT2D eigenvalue weighted by Gasteiger charge is -2.23. The van der Waals surface area contributed by atoms with Gasteiger partial charge in [-0.05, 0) is 49.1 Å². The fourth-order valence-electron chi connectivity index (χ4n) is 3.15. The van der Waals surface area contributed by atoms with Crippen molar-refractivity contribution in [1.82, 2.24) is 4.90 Å². The summed E-state index contributed by atoms with van der Waals surface area (Å²) in [6.45, 7) is 3.28. The van der Waals surface area contributed by atoms with Gasteiger partial charge in [-0.1, -0.05) is 43.7 Å². The van der Waals surface area contributed by atoms with Crippen LogP contribution in [-0.4, -0.2) is 30.3 Å². The number of carbonyl (C=O) groups is 2. The number of hydrogen-bond donors (Lipinski definition) is 1. The molecule has 0 atom stereocenters. The number of amides is 2. The van der Waals surface area contributed by atoms with Gasteiger partial charge in [0.2, 0.25) is 11.8 Å². The number of carbonyl (C=O) groups excluding carboxylic acids is 2. The van der Waals surface area contributed by atoms with Gasteiger partial charge in [0.1, 0.15) is 17.8 Å². The Bertz CT molecular complexity index is 798. The topological polar surface area (TPSA) is 58.6 Å². The van der Waals surface area contributed by atoms with E-state index >= 15 is 0 Å². The molecule has 0 heterocycles. The summed E-state index contributed by atoms with van der Waals surface area (Å²) in [5, 5.41) is 2.90. The van der Waals surface area contributed by atoms with E-state index in [9.17, 15) is 9.59 Å². The lowest BCUT2D eigenvalue weighted by Crippen LogP contribution is -2.41. The van der Waals surface area contributed by atoms with Crippen LogP contribution in [0.25, 0.3) is 0 Å². The maximum Gasteiger partial charge on any atom is 0.240 e. The molecule has 1 aliphatic rings. The van der Waals surface area contributed by atoms with Gasteiger partial charge < -0.3 is 15.0 Å². The van der Waals surface area contributed by atoms with Gasteiger partial charge in [-0.25, -0.2) is 0 Å². The number of ether oxygens (including phenoxy) is 1. The van der Waals surface area contributed by atoms with E-state index < -0.39 is 5.41 Å². The molecule has 5 heteroatoms. The summed E-state index contributed by atoms with van der Waals surface area (Å²) in [7, 11) is 1.78. The minimum absolute atomic E-state index is 0.0683. The normalized spacial score (nSPS) is 14.2. The Labute approximate surface area is 166 Å². The fourth-order valence-corrected chi connectivity index (χ4v) is 3.15. The molecule has 0 saturated heterocycles. The Balaban J connectivity index is 1.55. The van der Waals surface area contributed by atoms with Crippen LogP contribution in [0, 0.1) is 5.41 Å². The molecule has 0 spiro atoms. The second kappa shape index (κ2) is 8.91. The Kier molecular flexibility index (Phi) is 6.34. The number of unbranched alkanes of at least 4 members (excludes halogenated alkanes) is 1. The van der Waals surface area contributed by atoms with Crippen LogP contribution in [0.15, 0.2) is 54.6 Å². The molecule has 1 N–H and O–H groups in total. The van der Waals surface area contributed by atoms with Gasteiger partial charge in [0, 0.05) is 19.3 Å². The van der Waals surface area contributed by atoms with Crippen molar-refractivity contribution in [2.24, 2.45) is 5.41 Å². The number of rotatable bonds is 9. The van der Waals surface area contributed by atoms with Crippen molar-refractivity contribution >= 4 is 17.5 Å². The van der Waals surface area contributed by atoms with Gasteiger partial charge in [0.25, 0.3) is 0 Å². The summed E-state index contributed by atoms with van der Waals surface area (Å²) in [5.41, 5.74) is 0.888. The zero-order valence-electron chi connectivity index (χ0n) is 16.6. The molecule has 5 nitrogen and oxygen atoms in total. The average Bonchev–Trinajstić information content (AvgIpc) is 3.54. The highest BCUT2D eigenvalue weighted by Gasteiger charge is 2.57. The Morgan fingerprint density at radius 1 is 1.07 bits per heavy atom. The van der Waals surface area contributed by atoms with Crippen molar-refractivity contribution in [3.8, 4) is 5.75 Å². The molecular weight excluding hydrogens is 352 g/mol. The Morgan fingerprint density at radius 2 is 1.75 bits per heavy atom. The summed E-state index contributed by atoms with van der Waals surface area (Å²) < 4.78 is 5.77. The molecule has 2 aromatic rings. The fraction of sp³-hybridized carbons (Fsp3) is 0.391. The van der Waals surface area contributed by atoms with Crippen molar-refractivity contribution in [2.45, 2.75) is 39.2 Å². The van der Waals surface area contributed by atoms with Crippen molar-refractivity contribution in [1.29, 1.82) is 0 Å². The zero-order chi connectivity index (χ0) is 20.0. The second-order valence-corrected chi connectivity index (χ2v) is 7.42. The van der Waals surface area contributed by atoms with Gasteiger partial charge >= 0.3 is 0 Å². The zero-order valence-corrected chi connectivity index (χ0v) is 16.6. The number of hydrogen-bond acceptors (Lipinski definition) is 3. The quantitative estimate of drug-likeness (QED) is 0.662. The third kappa shape index (κ3) is 4.71. The molecule has 1 aliphatic carbocycles. The Hall–Kier alpha value is -2.82. The monoisotopic (exact) mass is 380 g/mol. The molecule has 3 rings (SSSR count). The molecule has 0 aromatic heterocycles. The summed E-state index contributed by atoms with van der Waals surface area (Å²) >= 11 is 0. The van der Waals surface area contributed by atoms with E-state index in [0.29, 0.717) is 31.7 Å². The van der Waals surface area contributed by atoms with Crippen LogP contribution in [0.5, 0.6) is 5.75 Å². The van der Waals surface area contributed by atoms with Gasteiger partial charge in [0.15, 0.2) is 0 Å². The molecule has 28 heavy (non-hydrogen) atoms. The molecule has 0 unspecified atom stereocenters. The van der Waals surface area contributed by atoms with Crippen LogP contribution < -0.4 is 10.1 Å². The van der Waals surface area contributed by atoms with Crippen molar-refractivity contribution in [2.75, 3.05) is 18.9 Å². The largest absolute Gasteiger partial charge is 0.489 e. The number of benzene rings is 2. The first-order valence-corrected chi connectivity index (χ1v) is 9.89. The molecular formula is C23H28N2O3. The molecule has 2 amide bonds. The van der Waals surface area contributed by atoms with Crippen molar-refractivity contribution in [3.63, 3.8) is 0 Å². The second-order valence-electron chi connectivity index (χ2n) is 7.42. The number of nitrogens with one attached hydrogen (secondary N) is 1. The van der Waals surface area contributed by atoms with E-state index in [0.717, 1.165) is 24.2 Å². The van der Waals surface area contributed by atoms with Crippen molar-refractivity contribution in [3.05, 3.63) is 60.2 Å². The number of anilines is 1. The molecule has 0 radical (unpaired) electrons. The maximum atomic E-state index is 12.7. The smallest absolute Gasteiger partial charge is 0.240 e. The van der Waals surface area contributed by atoms with Crippen LogP contribution in [0.4, 0.5) is 5.69 Å². The van der Waals surface area contributed by atoms with E-state index in [4.69, 9.17) is 4.74 Å². The minimum Gasteiger partial charge on any atom is -0.489 e. The van der Waals surface area contributed by atoms with Crippen molar-refractivity contribution < 1.29 is 14.3 Å². The van der Waals surface area contributed by atoms with Crippen LogP contribution in [-0.2, 0) is 16.2 Å². The van der Waals surface area contributed by atoms with Gasteiger partial charge in [0.05, 0.1) is 0 Å². The summed E-state index contributed by atoms with van der Waals surface area (Å²) in [6, 6.07) is 17.2. The van der Waals surface area contributed by atoms with Gasteiger partial charge in [-0.15, -0.1) is 0 Å². The average molecular weight is 380 g/mol. The van der Waals surface area contributed by atoms with Gasteiger partial charge in [-0.3, -0.25) is 9.59 Å². The van der Waals surface area contributed by atoms with Crippen LogP contribution in [0.1, 0.15) is 38.2 Å². The highest BCUT2D eigenvalue weighted by molar-refractivity contribution is 6.12. The van der Waals surface area contributed by atoms with Crippen LogP contribution in [0.2, 0.25) is 0 Å². The molecule has 0 bridgehead atoms. The van der Waals surface area contributed by atoms with E-state index in [1.807, 2.05) is 42.5 Å². The molecule has 1 saturated carbocycles. The summed E-state index contributed by atoms with van der Waals surface area (Å²) in [4.78, 5) is 27.1. The number of nitrogens with zero attached hydrogens (tertiary/aromatic N) is 1. The van der Waals surface area contributed by atoms with E-state index in [-0.39, 0.29) is 11.8 Å². The van der Waals surface area contributed by atoms with E-state index in [2.05, 4.69) is 12.2 Å². The first-order chi connectivity index (χ1) is 13.5. The van der Waals surface area contributed by atoms with Crippen LogP contribution >= 0.6 is 0 Å². The Morgan fingerprint density at radius 3 is 2.36 bits per heavy atom. The summed E-state index contributed by atoms with van der Waals surface area (Å²) in [5.74, 6) is 0.457. The predicted octanol–water partition coefficient (Wildman–Crippen LogP) is 4.24. The maximum absolute atomic E-state index is 12.7. The molecule has 1 fully saturated rings. The third-order valence-electron chi connectivity index (χ3n) is 5.15. The minimum atomic E-state index is -0.884.